The van der Waals surface area contributed by atoms with E-state index < -0.39 is 21.5 Å². The van der Waals surface area contributed by atoms with Crippen LogP contribution < -0.4 is 20.9 Å². The van der Waals surface area contributed by atoms with Gasteiger partial charge in [0, 0.05) is 43.8 Å². The molecule has 13 nitrogen and oxygen atoms in total. The fraction of sp³-hybridized carbons (Fsp3) is 0.478. The van der Waals surface area contributed by atoms with Gasteiger partial charge in [0.15, 0.2) is 20.5 Å². The number of morpholine rings is 1. The van der Waals surface area contributed by atoms with Crippen LogP contribution in [0.4, 0.5) is 27.9 Å². The van der Waals surface area contributed by atoms with Gasteiger partial charge in [-0.05, 0) is 45.0 Å². The van der Waals surface area contributed by atoms with Crippen molar-refractivity contribution in [3.63, 3.8) is 0 Å². The Kier molecular flexibility index (Phi) is 7.68. The molecule has 0 aliphatic carbocycles. The molecule has 4 N–H and O–H groups in total. The highest BCUT2D eigenvalue weighted by Gasteiger charge is 2.22. The van der Waals surface area contributed by atoms with Gasteiger partial charge in [0.05, 0.1) is 13.2 Å². The third-order valence-corrected chi connectivity index (χ3v) is 6.37. The molecule has 1 amide bonds. The number of aromatic amines is 1. The van der Waals surface area contributed by atoms with Crippen LogP contribution in [0, 0.1) is 0 Å². The highest BCUT2D eigenvalue weighted by atomic mass is 32.2. The molecule has 1 aliphatic rings. The van der Waals surface area contributed by atoms with Crippen molar-refractivity contribution in [2.75, 3.05) is 61.2 Å². The Bertz CT molecular complexity index is 1350. The minimum absolute atomic E-state index is 0.0912. The Labute approximate surface area is 215 Å². The number of nitrogens with one attached hydrogen (secondary N) is 4. The lowest BCUT2D eigenvalue weighted by atomic mass is 10.2. The lowest BCUT2D eigenvalue weighted by Crippen LogP contribution is -2.36. The second-order valence-corrected chi connectivity index (χ2v) is 11.5. The molecule has 1 fully saturated rings. The summed E-state index contributed by atoms with van der Waals surface area (Å²) in [4.78, 5) is 23.0. The Morgan fingerprint density at radius 1 is 1.14 bits per heavy atom. The highest BCUT2D eigenvalue weighted by Crippen LogP contribution is 2.28. The van der Waals surface area contributed by atoms with Gasteiger partial charge in [0.2, 0.25) is 5.95 Å². The molecule has 0 radical (unpaired) electrons. The molecule has 4 rings (SSSR count). The van der Waals surface area contributed by atoms with Crippen LogP contribution in [0.25, 0.3) is 11.0 Å². The number of ether oxygens (including phenoxy) is 2. The first-order valence-corrected chi connectivity index (χ1v) is 13.8. The quantitative estimate of drug-likeness (QED) is 0.315. The predicted octanol–water partition coefficient (Wildman–Crippen LogP) is 2.27. The summed E-state index contributed by atoms with van der Waals surface area (Å²) in [6.07, 6.45) is 0.529. The van der Waals surface area contributed by atoms with E-state index in [0.717, 1.165) is 30.7 Å². The van der Waals surface area contributed by atoms with Gasteiger partial charge < -0.3 is 30.3 Å². The molecule has 1 saturated heterocycles. The molecular formula is C23H32N8O5S. The third-order valence-electron chi connectivity index (χ3n) is 5.34. The van der Waals surface area contributed by atoms with Gasteiger partial charge in [-0.2, -0.15) is 15.1 Å². The number of benzene rings is 1. The number of alkyl carbamates (subject to hydrolysis) is 1. The van der Waals surface area contributed by atoms with E-state index in [9.17, 15) is 13.2 Å². The Balaban J connectivity index is 1.51. The zero-order valence-electron chi connectivity index (χ0n) is 21.3. The van der Waals surface area contributed by atoms with Gasteiger partial charge in [-0.1, -0.05) is 0 Å². The Hall–Kier alpha value is -3.65. The molecular weight excluding hydrogens is 500 g/mol. The third kappa shape index (κ3) is 6.98. The van der Waals surface area contributed by atoms with Crippen molar-refractivity contribution in [3.8, 4) is 0 Å². The molecule has 0 saturated carbocycles. The first-order valence-electron chi connectivity index (χ1n) is 11.9. The van der Waals surface area contributed by atoms with Crippen LogP contribution >= 0.6 is 0 Å². The number of fused-ring (bicyclic) bond motifs is 1. The summed E-state index contributed by atoms with van der Waals surface area (Å²) in [5, 5.41) is 15.7. The first-order chi connectivity index (χ1) is 17.5. The molecule has 3 aromatic rings. The Morgan fingerprint density at radius 2 is 1.84 bits per heavy atom. The number of nitrogens with zero attached hydrogens (tertiary/aromatic N) is 4. The van der Waals surface area contributed by atoms with E-state index in [2.05, 4.69) is 41.0 Å². The van der Waals surface area contributed by atoms with Crippen molar-refractivity contribution >= 4 is 50.1 Å². The monoisotopic (exact) mass is 532 g/mol. The second-order valence-electron chi connectivity index (χ2n) is 9.55. The van der Waals surface area contributed by atoms with E-state index in [1.807, 2.05) is 24.3 Å². The van der Waals surface area contributed by atoms with Gasteiger partial charge in [0.25, 0.3) is 0 Å². The zero-order valence-corrected chi connectivity index (χ0v) is 22.1. The summed E-state index contributed by atoms with van der Waals surface area (Å²) in [6.45, 7) is 8.90. The van der Waals surface area contributed by atoms with E-state index in [-0.39, 0.29) is 40.9 Å². The number of aromatic nitrogens is 4. The molecule has 0 unspecified atom stereocenters. The highest BCUT2D eigenvalue weighted by molar-refractivity contribution is 7.90. The van der Waals surface area contributed by atoms with Crippen LogP contribution in [-0.2, 0) is 19.3 Å². The number of anilines is 4. The predicted molar refractivity (Wildman–Crippen MR) is 140 cm³/mol. The summed E-state index contributed by atoms with van der Waals surface area (Å²) >= 11 is 0. The molecule has 1 aliphatic heterocycles. The van der Waals surface area contributed by atoms with Gasteiger partial charge in [-0.15, -0.1) is 0 Å². The molecule has 37 heavy (non-hydrogen) atoms. The maximum absolute atomic E-state index is 12.3. The summed E-state index contributed by atoms with van der Waals surface area (Å²) in [6, 6.07) is 7.85. The normalized spacial score (nSPS) is 14.4. The number of amides is 1. The molecule has 2 aromatic heterocycles. The van der Waals surface area contributed by atoms with Gasteiger partial charge >= 0.3 is 6.09 Å². The van der Waals surface area contributed by atoms with Crippen LogP contribution in [-0.4, -0.2) is 85.9 Å². The number of sulfone groups is 1. The van der Waals surface area contributed by atoms with Crippen LogP contribution in [0.15, 0.2) is 29.3 Å². The van der Waals surface area contributed by atoms with Crippen LogP contribution in [0.1, 0.15) is 20.8 Å². The van der Waals surface area contributed by atoms with E-state index in [1.165, 1.54) is 0 Å². The second kappa shape index (κ2) is 10.8. The smallest absolute Gasteiger partial charge is 0.407 e. The van der Waals surface area contributed by atoms with Gasteiger partial charge in [-0.3, -0.25) is 5.10 Å². The van der Waals surface area contributed by atoms with Crippen molar-refractivity contribution < 1.29 is 22.7 Å². The molecule has 0 atom stereocenters. The lowest BCUT2D eigenvalue weighted by Gasteiger charge is -2.28. The minimum Gasteiger partial charge on any atom is -0.444 e. The van der Waals surface area contributed by atoms with Crippen LogP contribution in [0.5, 0.6) is 0 Å². The largest absolute Gasteiger partial charge is 0.444 e. The number of carbonyl (C=O) groups excluding carboxylic acids is 1. The van der Waals surface area contributed by atoms with Crippen molar-refractivity contribution in [3.05, 3.63) is 24.3 Å². The number of hydrogen-bond acceptors (Lipinski definition) is 11. The molecule has 1 aromatic carbocycles. The average Bonchev–Trinajstić information content (AvgIpc) is 3.27. The number of rotatable bonds is 8. The zero-order chi connectivity index (χ0) is 26.6. The van der Waals surface area contributed by atoms with Crippen molar-refractivity contribution in [2.24, 2.45) is 0 Å². The maximum Gasteiger partial charge on any atom is 0.407 e. The fourth-order valence-corrected chi connectivity index (χ4v) is 4.49. The maximum atomic E-state index is 12.3. The molecule has 200 valence electrons. The molecule has 3 heterocycles. The molecule has 0 bridgehead atoms. The summed E-state index contributed by atoms with van der Waals surface area (Å²) in [7, 11) is -3.62. The number of H-pyrrole nitrogens is 1. The number of hydrogen-bond donors (Lipinski definition) is 4. The van der Waals surface area contributed by atoms with E-state index >= 15 is 0 Å². The van der Waals surface area contributed by atoms with Gasteiger partial charge in [-0.25, -0.2) is 13.2 Å². The lowest BCUT2D eigenvalue weighted by molar-refractivity contribution is 0.0530. The van der Waals surface area contributed by atoms with E-state index in [4.69, 9.17) is 9.47 Å². The van der Waals surface area contributed by atoms with Gasteiger partial charge in [0.1, 0.15) is 16.8 Å². The summed E-state index contributed by atoms with van der Waals surface area (Å²) < 4.78 is 35.2. The minimum atomic E-state index is -3.62. The fourth-order valence-electron chi connectivity index (χ4n) is 3.72. The number of carbonyl (C=O) groups is 1. The first kappa shape index (κ1) is 26.4. The van der Waals surface area contributed by atoms with E-state index in [1.54, 1.807) is 20.8 Å². The summed E-state index contributed by atoms with van der Waals surface area (Å²) in [5.74, 6) is 0.498. The SMILES string of the molecule is CC(C)(C)OC(=O)NCCNc1nc(Nc2ccc(N3CCOCC3)cc2)nc2n[nH]c(S(C)(=O)=O)c12. The molecule has 14 heteroatoms. The summed E-state index contributed by atoms with van der Waals surface area (Å²) in [5.41, 5.74) is 1.42. The van der Waals surface area contributed by atoms with Crippen LogP contribution in [0.3, 0.4) is 0 Å². The van der Waals surface area contributed by atoms with Crippen molar-refractivity contribution in [2.45, 2.75) is 31.4 Å². The standard InChI is InChI=1S/C23H32N8O5S/c1-23(2,3)36-22(32)25-10-9-24-18-17-19(29-30-20(17)37(4,33)34)28-21(27-18)26-15-5-7-16(8-6-15)31-11-13-35-14-12-31/h5-8H,9-14H2,1-4H3,(H,25,32)(H3,24,26,27,28,29,30). The molecule has 0 spiro atoms. The average molecular weight is 533 g/mol. The van der Waals surface area contributed by atoms with E-state index in [0.29, 0.717) is 13.2 Å². The van der Waals surface area contributed by atoms with Crippen LogP contribution in [0.2, 0.25) is 0 Å². The van der Waals surface area contributed by atoms with Crippen molar-refractivity contribution in [1.82, 2.24) is 25.5 Å². The van der Waals surface area contributed by atoms with Crippen molar-refractivity contribution in [1.29, 1.82) is 0 Å². The topological polar surface area (TPSA) is 163 Å². The Morgan fingerprint density at radius 3 is 2.49 bits per heavy atom.